The topological polar surface area (TPSA) is 35.2 Å². The summed E-state index contributed by atoms with van der Waals surface area (Å²) >= 11 is 0. The van der Waals surface area contributed by atoms with Crippen LogP contribution in [0.2, 0.25) is 0 Å². The largest absolute Gasteiger partial charge is 0.455 e. The van der Waals surface area contributed by atoms with Crippen LogP contribution >= 0.6 is 0 Å². The number of allylic oxidation sites excluding steroid dienone is 2. The fourth-order valence-electron chi connectivity index (χ4n) is 0.929. The van der Waals surface area contributed by atoms with E-state index >= 15 is 0 Å². The van der Waals surface area contributed by atoms with Crippen molar-refractivity contribution < 1.29 is 4.74 Å². The summed E-state index contributed by atoms with van der Waals surface area (Å²) in [7, 11) is 0. The van der Waals surface area contributed by atoms with Crippen molar-refractivity contribution in [1.29, 1.82) is 0 Å². The Morgan fingerprint density at radius 2 is 1.93 bits per heavy atom. The first-order chi connectivity index (χ1) is 6.74. The third-order valence-corrected chi connectivity index (χ3v) is 1.56. The van der Waals surface area contributed by atoms with E-state index in [4.69, 9.17) is 10.5 Å². The van der Waals surface area contributed by atoms with Crippen molar-refractivity contribution in [2.75, 3.05) is 0 Å². The van der Waals surface area contributed by atoms with Crippen LogP contribution in [0.5, 0.6) is 5.75 Å². The van der Waals surface area contributed by atoms with Crippen LogP contribution < -0.4 is 10.5 Å². The highest BCUT2D eigenvalue weighted by molar-refractivity contribution is 5.30. The molecule has 72 valence electrons. The second-order valence-corrected chi connectivity index (χ2v) is 2.71. The minimum Gasteiger partial charge on any atom is -0.455 e. The van der Waals surface area contributed by atoms with Crippen LogP contribution in [0, 0.1) is 0 Å². The Kier molecular flexibility index (Phi) is 3.56. The molecule has 0 saturated heterocycles. The van der Waals surface area contributed by atoms with E-state index in [-0.39, 0.29) is 0 Å². The number of ether oxygens (including phenoxy) is 1. The van der Waals surface area contributed by atoms with Gasteiger partial charge in [-0.1, -0.05) is 37.4 Å². The van der Waals surface area contributed by atoms with Gasteiger partial charge in [0.1, 0.15) is 11.5 Å². The molecular formula is C12H13NO. The lowest BCUT2D eigenvalue weighted by atomic mass is 10.3. The SMILES string of the molecule is C=C/C=C(/Oc1ccccc1)C(=C)N. The molecule has 0 aromatic heterocycles. The molecule has 0 aliphatic rings. The predicted octanol–water partition coefficient (Wildman–Crippen LogP) is 2.61. The van der Waals surface area contributed by atoms with Crippen molar-refractivity contribution in [1.82, 2.24) is 0 Å². The summed E-state index contributed by atoms with van der Waals surface area (Å²) in [6.07, 6.45) is 3.28. The molecule has 0 saturated carbocycles. The monoisotopic (exact) mass is 187 g/mol. The Hall–Kier alpha value is -1.96. The third kappa shape index (κ3) is 2.83. The molecule has 2 nitrogen and oxygen atoms in total. The highest BCUT2D eigenvalue weighted by Crippen LogP contribution is 2.14. The molecule has 0 fully saturated rings. The van der Waals surface area contributed by atoms with Gasteiger partial charge in [0.2, 0.25) is 0 Å². The molecule has 0 radical (unpaired) electrons. The molecule has 2 N–H and O–H groups in total. The molecule has 14 heavy (non-hydrogen) atoms. The Labute approximate surface area is 84.0 Å². The van der Waals surface area contributed by atoms with Gasteiger partial charge in [-0.05, 0) is 18.2 Å². The van der Waals surface area contributed by atoms with Crippen LogP contribution in [-0.2, 0) is 0 Å². The first-order valence-electron chi connectivity index (χ1n) is 4.24. The van der Waals surface area contributed by atoms with Gasteiger partial charge in [-0.15, -0.1) is 0 Å². The maximum atomic E-state index is 5.54. The highest BCUT2D eigenvalue weighted by Gasteiger charge is 1.99. The average molecular weight is 187 g/mol. The normalized spacial score (nSPS) is 10.7. The Balaban J connectivity index is 2.80. The van der Waals surface area contributed by atoms with Crippen molar-refractivity contribution in [3.63, 3.8) is 0 Å². The van der Waals surface area contributed by atoms with Gasteiger partial charge in [-0.25, -0.2) is 0 Å². The number of benzene rings is 1. The molecule has 0 unspecified atom stereocenters. The van der Waals surface area contributed by atoms with Gasteiger partial charge in [-0.3, -0.25) is 0 Å². The molecule has 0 spiro atoms. The Morgan fingerprint density at radius 1 is 1.29 bits per heavy atom. The van der Waals surface area contributed by atoms with Crippen molar-refractivity contribution in [2.24, 2.45) is 5.73 Å². The molecule has 1 aromatic rings. The van der Waals surface area contributed by atoms with E-state index in [2.05, 4.69) is 13.2 Å². The fourth-order valence-corrected chi connectivity index (χ4v) is 0.929. The lowest BCUT2D eigenvalue weighted by Gasteiger charge is -2.08. The molecule has 0 atom stereocenters. The third-order valence-electron chi connectivity index (χ3n) is 1.56. The van der Waals surface area contributed by atoms with E-state index < -0.39 is 0 Å². The number of hydrogen-bond acceptors (Lipinski definition) is 2. The van der Waals surface area contributed by atoms with Gasteiger partial charge in [0.15, 0.2) is 0 Å². The minimum absolute atomic E-state index is 0.383. The van der Waals surface area contributed by atoms with Gasteiger partial charge in [0.25, 0.3) is 0 Å². The minimum atomic E-state index is 0.383. The molecular weight excluding hydrogens is 174 g/mol. The average Bonchev–Trinajstić information content (AvgIpc) is 2.18. The predicted molar refractivity (Wildman–Crippen MR) is 58.7 cm³/mol. The van der Waals surface area contributed by atoms with Crippen LogP contribution in [0.3, 0.4) is 0 Å². The van der Waals surface area contributed by atoms with Gasteiger partial charge in [0.05, 0.1) is 5.70 Å². The van der Waals surface area contributed by atoms with Gasteiger partial charge in [0, 0.05) is 0 Å². The van der Waals surface area contributed by atoms with E-state index in [0.717, 1.165) is 5.75 Å². The van der Waals surface area contributed by atoms with Crippen molar-refractivity contribution in [2.45, 2.75) is 0 Å². The molecule has 0 amide bonds. The Morgan fingerprint density at radius 3 is 2.43 bits per heavy atom. The van der Waals surface area contributed by atoms with Crippen LogP contribution in [-0.4, -0.2) is 0 Å². The molecule has 2 heteroatoms. The van der Waals surface area contributed by atoms with Gasteiger partial charge in [-0.2, -0.15) is 0 Å². The van der Waals surface area contributed by atoms with Crippen LogP contribution in [0.25, 0.3) is 0 Å². The lowest BCUT2D eigenvalue weighted by molar-refractivity contribution is 0.435. The zero-order chi connectivity index (χ0) is 10.4. The first-order valence-corrected chi connectivity index (χ1v) is 4.24. The highest BCUT2D eigenvalue weighted by atomic mass is 16.5. The number of rotatable bonds is 4. The van der Waals surface area contributed by atoms with Crippen LogP contribution in [0.15, 0.2) is 67.1 Å². The van der Waals surface area contributed by atoms with E-state index in [0.29, 0.717) is 11.5 Å². The van der Waals surface area contributed by atoms with Crippen LogP contribution in [0.1, 0.15) is 0 Å². The van der Waals surface area contributed by atoms with Gasteiger partial charge < -0.3 is 10.5 Å². The Bertz CT molecular complexity index is 352. The van der Waals surface area contributed by atoms with E-state index in [9.17, 15) is 0 Å². The van der Waals surface area contributed by atoms with Crippen molar-refractivity contribution in [3.05, 3.63) is 67.1 Å². The summed E-state index contributed by atoms with van der Waals surface area (Å²) < 4.78 is 5.48. The molecule has 1 aromatic carbocycles. The fraction of sp³-hybridized carbons (Fsp3) is 0. The first kappa shape index (κ1) is 10.1. The van der Waals surface area contributed by atoms with E-state index in [1.54, 1.807) is 12.2 Å². The van der Waals surface area contributed by atoms with Crippen molar-refractivity contribution in [3.8, 4) is 5.75 Å². The smallest absolute Gasteiger partial charge is 0.149 e. The van der Waals surface area contributed by atoms with E-state index in [1.165, 1.54) is 0 Å². The maximum Gasteiger partial charge on any atom is 0.149 e. The summed E-state index contributed by atoms with van der Waals surface area (Å²) in [6.45, 7) is 7.18. The summed E-state index contributed by atoms with van der Waals surface area (Å²) in [5.74, 6) is 1.25. The number of para-hydroxylation sites is 1. The zero-order valence-corrected chi connectivity index (χ0v) is 7.94. The summed E-state index contributed by atoms with van der Waals surface area (Å²) in [6, 6.07) is 9.39. The van der Waals surface area contributed by atoms with Crippen LogP contribution in [0.4, 0.5) is 0 Å². The van der Waals surface area contributed by atoms with E-state index in [1.807, 2.05) is 30.3 Å². The molecule has 0 aliphatic carbocycles. The zero-order valence-electron chi connectivity index (χ0n) is 7.94. The standard InChI is InChI=1S/C12H13NO/c1-3-7-12(10(2)13)14-11-8-5-4-6-9-11/h3-9H,1-2,13H2/b12-7+. The quantitative estimate of drug-likeness (QED) is 0.581. The molecule has 1 rings (SSSR count). The second kappa shape index (κ2) is 4.92. The number of hydrogen-bond donors (Lipinski definition) is 1. The summed E-state index contributed by atoms with van der Waals surface area (Å²) in [5.41, 5.74) is 5.92. The molecule has 0 aliphatic heterocycles. The molecule has 0 heterocycles. The molecule has 0 bridgehead atoms. The maximum absolute atomic E-state index is 5.54. The summed E-state index contributed by atoms with van der Waals surface area (Å²) in [4.78, 5) is 0. The van der Waals surface area contributed by atoms with Gasteiger partial charge >= 0.3 is 0 Å². The second-order valence-electron chi connectivity index (χ2n) is 2.71. The summed E-state index contributed by atoms with van der Waals surface area (Å²) in [5, 5.41) is 0. The lowest BCUT2D eigenvalue weighted by Crippen LogP contribution is -2.05. The van der Waals surface area contributed by atoms with Crippen molar-refractivity contribution >= 4 is 0 Å². The number of nitrogens with two attached hydrogens (primary N) is 1.